The van der Waals surface area contributed by atoms with Gasteiger partial charge in [-0.2, -0.15) is 0 Å². The molecule has 1 heterocycles. The minimum atomic E-state index is -1.04. The number of rotatable bonds is 5. The number of carbonyl (C=O) groups excluding carboxylic acids is 4. The highest BCUT2D eigenvalue weighted by Crippen LogP contribution is 2.56. The van der Waals surface area contributed by atoms with Crippen molar-refractivity contribution in [3.8, 4) is 0 Å². The Morgan fingerprint density at radius 3 is 2.46 bits per heavy atom. The Kier molecular flexibility index (Phi) is 4.87. The fraction of sp³-hybridized carbons (Fsp3) is 0.500. The van der Waals surface area contributed by atoms with Crippen LogP contribution in [0.2, 0.25) is 5.02 Å². The van der Waals surface area contributed by atoms with Crippen LogP contribution in [0.25, 0.3) is 0 Å². The normalized spacial score (nSPS) is 29.0. The number of ether oxygens (including phenoxy) is 1. The molecular weight excluding hydrogens is 384 g/mol. The van der Waals surface area contributed by atoms with Gasteiger partial charge >= 0.3 is 5.97 Å². The number of hydrogen-bond donors (Lipinski definition) is 1. The average molecular weight is 405 g/mol. The van der Waals surface area contributed by atoms with Gasteiger partial charge in [0.25, 0.3) is 5.91 Å². The highest BCUT2D eigenvalue weighted by molar-refractivity contribution is 6.30. The number of nitrogens with zero attached hydrogens (tertiary/aromatic N) is 1. The van der Waals surface area contributed by atoms with E-state index < -0.39 is 24.5 Å². The third-order valence-corrected chi connectivity index (χ3v) is 6.38. The average Bonchev–Trinajstić information content (AvgIpc) is 3.33. The molecule has 1 aromatic rings. The molecule has 0 aromatic heterocycles. The van der Waals surface area contributed by atoms with Crippen LogP contribution in [-0.4, -0.2) is 41.2 Å². The van der Waals surface area contributed by atoms with Gasteiger partial charge in [0.15, 0.2) is 6.61 Å². The van der Waals surface area contributed by atoms with Crippen molar-refractivity contribution in [2.75, 3.05) is 11.9 Å². The zero-order valence-corrected chi connectivity index (χ0v) is 16.1. The summed E-state index contributed by atoms with van der Waals surface area (Å²) in [5, 5.41) is 3.03. The molecule has 0 unspecified atom stereocenters. The summed E-state index contributed by atoms with van der Waals surface area (Å²) in [5.41, 5.74) is 0.481. The maximum absolute atomic E-state index is 12.7. The molecule has 28 heavy (non-hydrogen) atoms. The van der Waals surface area contributed by atoms with Crippen LogP contribution >= 0.6 is 11.6 Å². The van der Waals surface area contributed by atoms with E-state index in [1.807, 2.05) is 0 Å². The van der Waals surface area contributed by atoms with Crippen LogP contribution in [0.1, 0.15) is 26.2 Å². The van der Waals surface area contributed by atoms with Gasteiger partial charge in [-0.3, -0.25) is 19.3 Å². The molecule has 148 valence electrons. The number of carbonyl (C=O) groups is 4. The van der Waals surface area contributed by atoms with Crippen molar-refractivity contribution in [2.45, 2.75) is 32.2 Å². The Balaban J connectivity index is 1.34. The Hall–Kier alpha value is -2.41. The van der Waals surface area contributed by atoms with Crippen molar-refractivity contribution in [1.82, 2.24) is 4.90 Å². The van der Waals surface area contributed by atoms with Crippen LogP contribution in [0.3, 0.4) is 0 Å². The number of likely N-dealkylation sites (tertiary alicyclic amines) is 1. The van der Waals surface area contributed by atoms with Crippen LogP contribution in [0.5, 0.6) is 0 Å². The number of halogens is 1. The van der Waals surface area contributed by atoms with Gasteiger partial charge in [-0.1, -0.05) is 17.7 Å². The van der Waals surface area contributed by atoms with Crippen LogP contribution in [-0.2, 0) is 23.9 Å². The van der Waals surface area contributed by atoms with E-state index in [1.54, 1.807) is 24.3 Å². The number of nitrogens with one attached hydrogen (secondary N) is 1. The summed E-state index contributed by atoms with van der Waals surface area (Å²) in [6, 6.07) is 5.54. The van der Waals surface area contributed by atoms with Crippen LogP contribution < -0.4 is 5.32 Å². The van der Waals surface area contributed by atoms with E-state index in [1.165, 1.54) is 6.92 Å². The van der Waals surface area contributed by atoms with Crippen molar-refractivity contribution in [3.63, 3.8) is 0 Å². The maximum Gasteiger partial charge on any atom is 0.329 e. The monoisotopic (exact) mass is 404 g/mol. The number of anilines is 1. The van der Waals surface area contributed by atoms with Gasteiger partial charge in [-0.15, -0.1) is 0 Å². The Morgan fingerprint density at radius 2 is 1.86 bits per heavy atom. The van der Waals surface area contributed by atoms with E-state index in [4.69, 9.17) is 16.3 Å². The predicted octanol–water partition coefficient (Wildman–Crippen LogP) is 2.24. The molecule has 3 amide bonds. The molecule has 2 aliphatic carbocycles. The Morgan fingerprint density at radius 1 is 1.21 bits per heavy atom. The van der Waals surface area contributed by atoms with Crippen LogP contribution in [0, 0.1) is 23.7 Å². The van der Waals surface area contributed by atoms with Crippen LogP contribution in [0.15, 0.2) is 24.3 Å². The SMILES string of the molecule is C[C@@H](C(=O)OCC(=O)Nc1cccc(Cl)c1)N1C(=O)[C@@H]2[C@@H]3CC[C@@H](C3)[C@@H]2C1=O. The molecule has 1 aliphatic heterocycles. The summed E-state index contributed by atoms with van der Waals surface area (Å²) < 4.78 is 5.04. The smallest absolute Gasteiger partial charge is 0.329 e. The summed E-state index contributed by atoms with van der Waals surface area (Å²) in [4.78, 5) is 50.9. The first-order chi connectivity index (χ1) is 13.4. The molecule has 1 saturated heterocycles. The highest BCUT2D eigenvalue weighted by Gasteiger charge is 2.62. The van der Waals surface area contributed by atoms with Gasteiger partial charge in [0.2, 0.25) is 11.8 Å². The molecule has 4 rings (SSSR count). The molecule has 5 atom stereocenters. The number of hydrogen-bond acceptors (Lipinski definition) is 5. The first kappa shape index (κ1) is 18.9. The lowest BCUT2D eigenvalue weighted by molar-refractivity contribution is -0.159. The molecule has 1 N–H and O–H groups in total. The molecule has 7 nitrogen and oxygen atoms in total. The standard InChI is InChI=1S/C20H21ClN2O5/c1-10(20(27)28-9-15(24)22-14-4-2-3-13(21)8-14)23-18(25)16-11-5-6-12(7-11)17(16)19(23)26/h2-4,8,10-12,16-17H,5-7,9H2,1H3,(H,22,24)/t10-,11-,12+,16-,17+/m0/s1. The highest BCUT2D eigenvalue weighted by atomic mass is 35.5. The molecular formula is C20H21ClN2O5. The van der Waals surface area contributed by atoms with Gasteiger partial charge in [-0.25, -0.2) is 4.79 Å². The molecule has 1 aromatic carbocycles. The first-order valence-corrected chi connectivity index (χ1v) is 9.83. The van der Waals surface area contributed by atoms with E-state index in [0.717, 1.165) is 24.2 Å². The van der Waals surface area contributed by atoms with Gasteiger partial charge in [-0.05, 0) is 56.2 Å². The second-order valence-electron chi connectivity index (χ2n) is 7.77. The number of imide groups is 1. The number of benzene rings is 1. The van der Waals surface area contributed by atoms with Crippen molar-refractivity contribution in [1.29, 1.82) is 0 Å². The van der Waals surface area contributed by atoms with Crippen LogP contribution in [0.4, 0.5) is 5.69 Å². The van der Waals surface area contributed by atoms with E-state index in [0.29, 0.717) is 10.7 Å². The first-order valence-electron chi connectivity index (χ1n) is 9.45. The minimum absolute atomic E-state index is 0.253. The fourth-order valence-electron chi connectivity index (χ4n) is 4.94. The number of esters is 1. The fourth-order valence-corrected chi connectivity index (χ4v) is 5.13. The zero-order chi connectivity index (χ0) is 20.0. The summed E-state index contributed by atoms with van der Waals surface area (Å²) >= 11 is 5.86. The van der Waals surface area contributed by atoms with E-state index in [-0.39, 0.29) is 35.5 Å². The van der Waals surface area contributed by atoms with Gasteiger partial charge in [0.05, 0.1) is 11.8 Å². The lowest BCUT2D eigenvalue weighted by Crippen LogP contribution is -2.45. The zero-order valence-electron chi connectivity index (χ0n) is 15.4. The van der Waals surface area contributed by atoms with Gasteiger partial charge < -0.3 is 10.1 Å². The molecule has 2 bridgehead atoms. The van der Waals surface area contributed by atoms with E-state index in [2.05, 4.69) is 5.32 Å². The molecule has 0 spiro atoms. The largest absolute Gasteiger partial charge is 0.454 e. The lowest BCUT2D eigenvalue weighted by atomic mass is 9.81. The molecule has 2 saturated carbocycles. The molecule has 3 aliphatic rings. The van der Waals surface area contributed by atoms with Crippen molar-refractivity contribution >= 4 is 41.0 Å². The second kappa shape index (κ2) is 7.20. The summed E-state index contributed by atoms with van der Waals surface area (Å²) in [5.74, 6) is -1.90. The predicted molar refractivity (Wildman–Crippen MR) is 100 cm³/mol. The minimum Gasteiger partial charge on any atom is -0.454 e. The molecule has 8 heteroatoms. The molecule has 0 radical (unpaired) electrons. The second-order valence-corrected chi connectivity index (χ2v) is 8.21. The van der Waals surface area contributed by atoms with E-state index in [9.17, 15) is 19.2 Å². The van der Waals surface area contributed by atoms with Crippen molar-refractivity contribution in [2.24, 2.45) is 23.7 Å². The summed E-state index contributed by atoms with van der Waals surface area (Å²) in [6.07, 6.45) is 2.88. The van der Waals surface area contributed by atoms with Crippen molar-refractivity contribution in [3.05, 3.63) is 29.3 Å². The third kappa shape index (κ3) is 3.17. The topological polar surface area (TPSA) is 92.8 Å². The third-order valence-electron chi connectivity index (χ3n) is 6.14. The van der Waals surface area contributed by atoms with E-state index >= 15 is 0 Å². The number of fused-ring (bicyclic) bond motifs is 5. The lowest BCUT2D eigenvalue weighted by Gasteiger charge is -2.23. The molecule has 3 fully saturated rings. The number of amides is 3. The Bertz CT molecular complexity index is 829. The maximum atomic E-state index is 12.7. The Labute approximate surface area is 167 Å². The van der Waals surface area contributed by atoms with Gasteiger partial charge in [0, 0.05) is 10.7 Å². The van der Waals surface area contributed by atoms with Gasteiger partial charge in [0.1, 0.15) is 6.04 Å². The quantitative estimate of drug-likeness (QED) is 0.600. The summed E-state index contributed by atoms with van der Waals surface area (Å²) in [7, 11) is 0. The van der Waals surface area contributed by atoms with Crippen molar-refractivity contribution < 1.29 is 23.9 Å². The summed E-state index contributed by atoms with van der Waals surface area (Å²) in [6.45, 7) is 0.958.